The molecule has 0 unspecified atom stereocenters. The van der Waals surface area contributed by atoms with Gasteiger partial charge in [-0.15, -0.1) is 5.10 Å². The summed E-state index contributed by atoms with van der Waals surface area (Å²) in [6.45, 7) is 5.85. The third-order valence-electron chi connectivity index (χ3n) is 6.89. The molecule has 0 fully saturated rings. The van der Waals surface area contributed by atoms with Crippen LogP contribution in [0, 0.1) is 0 Å². The molecule has 1 aliphatic rings. The Bertz CT molecular complexity index is 1500. The largest absolute Gasteiger partial charge is 0.497 e. The molecule has 1 atom stereocenters. The Labute approximate surface area is 226 Å². The smallest absolute Gasteiger partial charge is 0.249 e. The first kappa shape index (κ1) is 26.0. The monoisotopic (exact) mass is 529 g/mol. The number of nitrogens with one attached hydrogen (secondary N) is 1. The second-order valence-electron chi connectivity index (χ2n) is 9.94. The summed E-state index contributed by atoms with van der Waals surface area (Å²) in [6, 6.07) is 18.7. The molecule has 0 radical (unpaired) electrons. The van der Waals surface area contributed by atoms with Gasteiger partial charge in [0.05, 0.1) is 12.6 Å². The highest BCUT2D eigenvalue weighted by Crippen LogP contribution is 2.38. The number of carbonyl (C=O) groups is 2. The predicted octanol–water partition coefficient (Wildman–Crippen LogP) is 4.25. The Balaban J connectivity index is 1.62. The van der Waals surface area contributed by atoms with Gasteiger partial charge in [-0.1, -0.05) is 36.4 Å². The fourth-order valence-electron chi connectivity index (χ4n) is 4.40. The number of aromatic nitrogens is 3. The number of fused-ring (bicyclic) bond motifs is 2. The summed E-state index contributed by atoms with van der Waals surface area (Å²) in [5.74, 6) is 1.04. The molecule has 3 aromatic carbocycles. The normalized spacial score (nSPS) is 13.2. The van der Waals surface area contributed by atoms with Gasteiger partial charge >= 0.3 is 0 Å². The second-order valence-corrected chi connectivity index (χ2v) is 9.94. The van der Waals surface area contributed by atoms with Crippen molar-refractivity contribution in [3.8, 4) is 17.2 Å². The molecule has 10 heteroatoms. The van der Waals surface area contributed by atoms with E-state index in [1.807, 2.05) is 45.0 Å². The number of carbonyl (C=O) groups excluding carboxylic acids is 2. The summed E-state index contributed by atoms with van der Waals surface area (Å²) in [5, 5.41) is 11.5. The summed E-state index contributed by atoms with van der Waals surface area (Å²) in [4.78, 5) is 29.7. The summed E-state index contributed by atoms with van der Waals surface area (Å²) >= 11 is 0. The van der Waals surface area contributed by atoms with Gasteiger partial charge in [0.2, 0.25) is 18.6 Å². The molecule has 2 amide bonds. The lowest BCUT2D eigenvalue weighted by molar-refractivity contribution is -0.128. The maximum Gasteiger partial charge on any atom is 0.249 e. The molecule has 39 heavy (non-hydrogen) atoms. The highest BCUT2D eigenvalue weighted by molar-refractivity contribution is 6.02. The molecule has 0 saturated heterocycles. The average molecular weight is 530 g/mol. The highest BCUT2D eigenvalue weighted by Gasteiger charge is 2.36. The van der Waals surface area contributed by atoms with Crippen LogP contribution in [0.1, 0.15) is 38.8 Å². The standard InChI is InChI=1S/C29H31N5O5/c1-5-29(2,3)30-28(36)27(19-10-13-21(37-4)14-11-19)34(20-12-15-24-25(16-20)39-18-38-24)26(35)17-33-23-9-7-6-8-22(23)31-32-33/h6-16,27H,5,17-18H2,1-4H3,(H,30,36)/t27-/m1/s1. The Morgan fingerprint density at radius 1 is 1.08 bits per heavy atom. The number of hydrogen-bond acceptors (Lipinski definition) is 7. The number of methoxy groups -OCH3 is 1. The van der Waals surface area contributed by atoms with E-state index >= 15 is 0 Å². The molecule has 1 N–H and O–H groups in total. The summed E-state index contributed by atoms with van der Waals surface area (Å²) in [6.07, 6.45) is 0.705. The van der Waals surface area contributed by atoms with E-state index in [4.69, 9.17) is 14.2 Å². The van der Waals surface area contributed by atoms with Crippen LogP contribution in [0.4, 0.5) is 5.69 Å². The third kappa shape index (κ3) is 5.36. The molecule has 0 spiro atoms. The van der Waals surface area contributed by atoms with Crippen molar-refractivity contribution in [3.63, 3.8) is 0 Å². The highest BCUT2D eigenvalue weighted by atomic mass is 16.7. The molecule has 5 rings (SSSR count). The summed E-state index contributed by atoms with van der Waals surface area (Å²) in [7, 11) is 1.58. The van der Waals surface area contributed by atoms with E-state index in [0.717, 1.165) is 0 Å². The van der Waals surface area contributed by atoms with E-state index in [-0.39, 0.29) is 25.2 Å². The number of rotatable bonds is 9. The van der Waals surface area contributed by atoms with Crippen molar-refractivity contribution >= 4 is 28.5 Å². The van der Waals surface area contributed by atoms with Crippen LogP contribution in [0.2, 0.25) is 0 Å². The molecule has 2 heterocycles. The lowest BCUT2D eigenvalue weighted by Crippen LogP contribution is -2.51. The molecule has 1 aromatic heterocycles. The third-order valence-corrected chi connectivity index (χ3v) is 6.89. The van der Waals surface area contributed by atoms with E-state index in [1.165, 1.54) is 9.58 Å². The van der Waals surface area contributed by atoms with E-state index in [9.17, 15) is 9.59 Å². The first-order valence-corrected chi connectivity index (χ1v) is 12.8. The van der Waals surface area contributed by atoms with Gasteiger partial charge in [-0.3, -0.25) is 14.5 Å². The number of benzene rings is 3. The molecule has 4 aromatic rings. The topological polar surface area (TPSA) is 108 Å². The zero-order valence-corrected chi connectivity index (χ0v) is 22.4. The second kappa shape index (κ2) is 10.6. The van der Waals surface area contributed by atoms with Gasteiger partial charge in [-0.25, -0.2) is 4.68 Å². The molecule has 0 aliphatic carbocycles. The van der Waals surface area contributed by atoms with Gasteiger partial charge in [0.1, 0.15) is 23.9 Å². The van der Waals surface area contributed by atoms with E-state index in [0.29, 0.717) is 46.0 Å². The number of amides is 2. The van der Waals surface area contributed by atoms with Crippen LogP contribution in [0.5, 0.6) is 17.2 Å². The molecule has 0 saturated carbocycles. The van der Waals surface area contributed by atoms with E-state index < -0.39 is 11.6 Å². The Morgan fingerprint density at radius 3 is 2.56 bits per heavy atom. The number of anilines is 1. The number of para-hydroxylation sites is 1. The van der Waals surface area contributed by atoms with Crippen molar-refractivity contribution in [1.29, 1.82) is 0 Å². The maximum absolute atomic E-state index is 14.2. The van der Waals surface area contributed by atoms with Gasteiger partial charge < -0.3 is 19.5 Å². The lowest BCUT2D eigenvalue weighted by Gasteiger charge is -2.34. The van der Waals surface area contributed by atoms with Gasteiger partial charge in [0.15, 0.2) is 11.5 Å². The van der Waals surface area contributed by atoms with E-state index in [1.54, 1.807) is 49.6 Å². The van der Waals surface area contributed by atoms with Crippen molar-refractivity contribution in [1.82, 2.24) is 20.3 Å². The fraction of sp³-hybridized carbons (Fsp3) is 0.310. The van der Waals surface area contributed by atoms with Crippen LogP contribution < -0.4 is 24.4 Å². The first-order valence-electron chi connectivity index (χ1n) is 12.8. The molecular formula is C29H31N5O5. The average Bonchev–Trinajstić information content (AvgIpc) is 3.58. The van der Waals surface area contributed by atoms with Crippen molar-refractivity contribution in [2.45, 2.75) is 45.3 Å². The minimum Gasteiger partial charge on any atom is -0.497 e. The minimum atomic E-state index is -0.996. The first-order chi connectivity index (χ1) is 18.8. The van der Waals surface area contributed by atoms with Gasteiger partial charge in [0.25, 0.3) is 0 Å². The van der Waals surface area contributed by atoms with Crippen molar-refractivity contribution < 1.29 is 23.8 Å². The summed E-state index contributed by atoms with van der Waals surface area (Å²) in [5.41, 5.74) is 2.00. The molecular weight excluding hydrogens is 498 g/mol. The van der Waals surface area contributed by atoms with Crippen LogP contribution >= 0.6 is 0 Å². The van der Waals surface area contributed by atoms with Crippen molar-refractivity contribution in [2.75, 3.05) is 18.8 Å². The Hall–Kier alpha value is -4.60. The Morgan fingerprint density at radius 2 is 1.82 bits per heavy atom. The SMILES string of the molecule is CCC(C)(C)NC(=O)[C@@H](c1ccc(OC)cc1)N(C(=O)Cn1nnc2ccccc21)c1ccc2c(c1)OCO2. The minimum absolute atomic E-state index is 0.0881. The lowest BCUT2D eigenvalue weighted by atomic mass is 9.98. The molecule has 1 aliphatic heterocycles. The van der Waals surface area contributed by atoms with Crippen LogP contribution in [-0.4, -0.2) is 46.2 Å². The zero-order valence-electron chi connectivity index (χ0n) is 22.4. The van der Waals surface area contributed by atoms with Crippen molar-refractivity contribution in [2.24, 2.45) is 0 Å². The zero-order chi connectivity index (χ0) is 27.6. The molecule has 0 bridgehead atoms. The van der Waals surface area contributed by atoms with Crippen LogP contribution in [0.25, 0.3) is 11.0 Å². The summed E-state index contributed by atoms with van der Waals surface area (Å²) < 4.78 is 18.0. The van der Waals surface area contributed by atoms with Gasteiger partial charge in [0, 0.05) is 17.3 Å². The van der Waals surface area contributed by atoms with Crippen LogP contribution in [0.15, 0.2) is 66.7 Å². The van der Waals surface area contributed by atoms with Crippen LogP contribution in [0.3, 0.4) is 0 Å². The maximum atomic E-state index is 14.2. The van der Waals surface area contributed by atoms with Crippen LogP contribution in [-0.2, 0) is 16.1 Å². The number of hydrogen-bond donors (Lipinski definition) is 1. The van der Waals surface area contributed by atoms with Gasteiger partial charge in [-0.2, -0.15) is 0 Å². The molecule has 10 nitrogen and oxygen atoms in total. The number of ether oxygens (including phenoxy) is 3. The number of nitrogens with zero attached hydrogens (tertiary/aromatic N) is 4. The predicted molar refractivity (Wildman–Crippen MR) is 146 cm³/mol. The van der Waals surface area contributed by atoms with Gasteiger partial charge in [-0.05, 0) is 62.2 Å². The fourth-order valence-corrected chi connectivity index (χ4v) is 4.40. The quantitative estimate of drug-likeness (QED) is 0.345. The Kier molecular flexibility index (Phi) is 7.10. The molecule has 202 valence electrons. The van der Waals surface area contributed by atoms with E-state index in [2.05, 4.69) is 15.6 Å². The van der Waals surface area contributed by atoms with Crippen molar-refractivity contribution in [3.05, 3.63) is 72.3 Å².